The third-order valence-electron chi connectivity index (χ3n) is 2.88. The van der Waals surface area contributed by atoms with E-state index in [0.29, 0.717) is 21.6 Å². The normalized spacial score (nSPS) is 11.2. The summed E-state index contributed by atoms with van der Waals surface area (Å²) in [6.07, 6.45) is 1.53. The summed E-state index contributed by atoms with van der Waals surface area (Å²) in [6.45, 7) is 8.08. The van der Waals surface area contributed by atoms with Crippen LogP contribution in [0.25, 0.3) is 10.2 Å². The number of hydrogen-bond acceptors (Lipinski definition) is 4. The third-order valence-corrected chi connectivity index (χ3v) is 4.08. The predicted octanol–water partition coefficient (Wildman–Crippen LogP) is 1.92. The Balaban J connectivity index is 2.61. The molecule has 2 aromatic heterocycles. The number of aromatic nitrogens is 2. The molecule has 0 aliphatic heterocycles. The second-order valence-corrected chi connectivity index (χ2v) is 5.70. The van der Waals surface area contributed by atoms with E-state index in [1.807, 2.05) is 20.8 Å². The molecule has 0 unspecified atom stereocenters. The van der Waals surface area contributed by atoms with Crippen molar-refractivity contribution in [2.45, 2.75) is 40.3 Å². The van der Waals surface area contributed by atoms with Crippen LogP contribution in [0.4, 0.5) is 0 Å². The van der Waals surface area contributed by atoms with Crippen LogP contribution in [0.15, 0.2) is 11.1 Å². The van der Waals surface area contributed by atoms with Gasteiger partial charge in [-0.25, -0.2) is 4.98 Å². The molecule has 0 saturated heterocycles. The van der Waals surface area contributed by atoms with Crippen molar-refractivity contribution < 1.29 is 4.79 Å². The molecular weight excluding hydrogens is 262 g/mol. The van der Waals surface area contributed by atoms with Crippen molar-refractivity contribution >= 4 is 27.5 Å². The smallest absolute Gasteiger partial charge is 0.262 e. The van der Waals surface area contributed by atoms with Gasteiger partial charge in [0.15, 0.2) is 0 Å². The molecule has 19 heavy (non-hydrogen) atoms. The highest BCUT2D eigenvalue weighted by Crippen LogP contribution is 2.26. The van der Waals surface area contributed by atoms with Crippen LogP contribution in [0, 0.1) is 6.92 Å². The van der Waals surface area contributed by atoms with E-state index < -0.39 is 0 Å². The Morgan fingerprint density at radius 2 is 2.21 bits per heavy atom. The van der Waals surface area contributed by atoms with E-state index in [1.165, 1.54) is 17.7 Å². The van der Waals surface area contributed by atoms with Crippen LogP contribution in [-0.4, -0.2) is 21.5 Å². The number of fused-ring (bicyclic) bond motifs is 1. The summed E-state index contributed by atoms with van der Waals surface area (Å²) in [7, 11) is 0. The molecule has 2 heterocycles. The van der Waals surface area contributed by atoms with Crippen LogP contribution in [-0.2, 0) is 6.54 Å². The lowest BCUT2D eigenvalue weighted by Crippen LogP contribution is -2.29. The number of carbonyl (C=O) groups is 1. The summed E-state index contributed by atoms with van der Waals surface area (Å²) in [4.78, 5) is 29.8. The lowest BCUT2D eigenvalue weighted by atomic mass is 10.2. The molecule has 1 N–H and O–H groups in total. The fourth-order valence-corrected chi connectivity index (χ4v) is 2.97. The summed E-state index contributed by atoms with van der Waals surface area (Å²) in [5, 5.41) is 3.40. The monoisotopic (exact) mass is 279 g/mol. The minimum Gasteiger partial charge on any atom is -0.349 e. The molecule has 5 nitrogen and oxygen atoms in total. The first kappa shape index (κ1) is 13.7. The predicted molar refractivity (Wildman–Crippen MR) is 76.9 cm³/mol. The Morgan fingerprint density at radius 1 is 1.53 bits per heavy atom. The first-order chi connectivity index (χ1) is 8.95. The van der Waals surface area contributed by atoms with Gasteiger partial charge in [0, 0.05) is 12.6 Å². The van der Waals surface area contributed by atoms with Gasteiger partial charge in [0.2, 0.25) is 0 Å². The minimum atomic E-state index is -0.141. The Morgan fingerprint density at radius 3 is 2.79 bits per heavy atom. The van der Waals surface area contributed by atoms with Crippen LogP contribution < -0.4 is 10.9 Å². The van der Waals surface area contributed by atoms with Crippen molar-refractivity contribution in [3.8, 4) is 0 Å². The zero-order valence-electron chi connectivity index (χ0n) is 11.5. The summed E-state index contributed by atoms with van der Waals surface area (Å²) in [5.74, 6) is -0.141. The summed E-state index contributed by atoms with van der Waals surface area (Å²) >= 11 is 1.27. The maximum Gasteiger partial charge on any atom is 0.262 e. The highest BCUT2D eigenvalue weighted by Gasteiger charge is 2.19. The van der Waals surface area contributed by atoms with E-state index >= 15 is 0 Å². The van der Waals surface area contributed by atoms with E-state index in [0.717, 1.165) is 5.56 Å². The maximum atomic E-state index is 12.2. The lowest BCUT2D eigenvalue weighted by molar-refractivity contribution is 0.0947. The number of nitrogens with one attached hydrogen (secondary N) is 1. The number of nitrogens with zero attached hydrogens (tertiary/aromatic N) is 2. The first-order valence-electron chi connectivity index (χ1n) is 6.25. The van der Waals surface area contributed by atoms with Crippen molar-refractivity contribution in [1.29, 1.82) is 0 Å². The molecule has 0 bridgehead atoms. The molecule has 0 aliphatic carbocycles. The minimum absolute atomic E-state index is 0.0670. The summed E-state index contributed by atoms with van der Waals surface area (Å²) < 4.78 is 1.55. The van der Waals surface area contributed by atoms with E-state index in [-0.39, 0.29) is 17.5 Å². The van der Waals surface area contributed by atoms with Gasteiger partial charge in [0.05, 0.1) is 16.6 Å². The summed E-state index contributed by atoms with van der Waals surface area (Å²) in [6, 6.07) is 0.0670. The second kappa shape index (κ2) is 5.13. The van der Waals surface area contributed by atoms with Crippen molar-refractivity contribution in [1.82, 2.24) is 14.9 Å². The van der Waals surface area contributed by atoms with Crippen molar-refractivity contribution in [2.24, 2.45) is 0 Å². The van der Waals surface area contributed by atoms with E-state index in [9.17, 15) is 9.59 Å². The molecule has 0 aliphatic rings. The van der Waals surface area contributed by atoms with Crippen molar-refractivity contribution in [2.75, 3.05) is 0 Å². The van der Waals surface area contributed by atoms with E-state index in [1.54, 1.807) is 11.5 Å². The van der Waals surface area contributed by atoms with Gasteiger partial charge in [0.25, 0.3) is 11.5 Å². The standard InChI is InChI=1S/C13H17N3O2S/c1-5-16-6-14-12-9(13(16)18)8(4)10(19-12)11(17)15-7(2)3/h6-7H,5H2,1-4H3,(H,15,17). The van der Waals surface area contributed by atoms with Crippen LogP contribution in [0.1, 0.15) is 36.0 Å². The van der Waals surface area contributed by atoms with Crippen LogP contribution in [0.2, 0.25) is 0 Å². The van der Waals surface area contributed by atoms with E-state index in [2.05, 4.69) is 10.3 Å². The van der Waals surface area contributed by atoms with Crippen LogP contribution in [0.5, 0.6) is 0 Å². The van der Waals surface area contributed by atoms with Gasteiger partial charge >= 0.3 is 0 Å². The SMILES string of the molecule is CCn1cnc2sc(C(=O)NC(C)C)c(C)c2c1=O. The van der Waals surface area contributed by atoms with Gasteiger partial charge in [0.1, 0.15) is 4.83 Å². The third kappa shape index (κ3) is 2.40. The topological polar surface area (TPSA) is 64.0 Å². The molecule has 0 fully saturated rings. The molecule has 102 valence electrons. The number of hydrogen-bond donors (Lipinski definition) is 1. The zero-order chi connectivity index (χ0) is 14.2. The summed E-state index contributed by atoms with van der Waals surface area (Å²) in [5.41, 5.74) is 0.642. The Labute approximate surface area is 115 Å². The van der Waals surface area contributed by atoms with Crippen LogP contribution >= 0.6 is 11.3 Å². The molecule has 0 spiro atoms. The highest BCUT2D eigenvalue weighted by atomic mass is 32.1. The molecule has 2 rings (SSSR count). The molecule has 0 radical (unpaired) electrons. The van der Waals surface area contributed by atoms with Crippen LogP contribution in [0.3, 0.4) is 0 Å². The lowest BCUT2D eigenvalue weighted by Gasteiger charge is -2.06. The van der Waals surface area contributed by atoms with Gasteiger partial charge < -0.3 is 5.32 Å². The van der Waals surface area contributed by atoms with Gasteiger partial charge in [-0.1, -0.05) is 0 Å². The number of thiophene rings is 1. The van der Waals surface area contributed by atoms with Gasteiger partial charge in [-0.15, -0.1) is 11.3 Å². The second-order valence-electron chi connectivity index (χ2n) is 4.70. The average Bonchev–Trinajstić information content (AvgIpc) is 2.67. The molecule has 0 saturated carbocycles. The van der Waals surface area contributed by atoms with Crippen molar-refractivity contribution in [3.63, 3.8) is 0 Å². The van der Waals surface area contributed by atoms with Crippen molar-refractivity contribution in [3.05, 3.63) is 27.1 Å². The molecular formula is C13H17N3O2S. The van der Waals surface area contributed by atoms with E-state index in [4.69, 9.17) is 0 Å². The van der Waals surface area contributed by atoms with Gasteiger partial charge in [-0.05, 0) is 33.3 Å². The number of amides is 1. The van der Waals surface area contributed by atoms with Gasteiger partial charge in [-0.2, -0.15) is 0 Å². The fourth-order valence-electron chi connectivity index (χ4n) is 1.93. The quantitative estimate of drug-likeness (QED) is 0.933. The fraction of sp³-hybridized carbons (Fsp3) is 0.462. The number of carbonyl (C=O) groups excluding carboxylic acids is 1. The Kier molecular flexibility index (Phi) is 3.71. The number of rotatable bonds is 3. The highest BCUT2D eigenvalue weighted by molar-refractivity contribution is 7.20. The molecule has 1 amide bonds. The molecule has 0 atom stereocenters. The molecule has 0 aromatic carbocycles. The average molecular weight is 279 g/mol. The molecule has 2 aromatic rings. The number of aryl methyl sites for hydroxylation is 2. The zero-order valence-corrected chi connectivity index (χ0v) is 12.3. The Bertz CT molecular complexity index is 685. The molecule has 6 heteroatoms. The van der Waals surface area contributed by atoms with Gasteiger partial charge in [-0.3, -0.25) is 14.2 Å². The Hall–Kier alpha value is -1.69. The maximum absolute atomic E-state index is 12.2. The largest absolute Gasteiger partial charge is 0.349 e. The first-order valence-corrected chi connectivity index (χ1v) is 7.06.